The summed E-state index contributed by atoms with van der Waals surface area (Å²) in [6.07, 6.45) is 0. The number of nitrogens with zero attached hydrogens (tertiary/aromatic N) is 2. The molecule has 0 fully saturated rings. The lowest BCUT2D eigenvalue weighted by atomic mass is 10.1. The molecule has 0 bridgehead atoms. The van der Waals surface area contributed by atoms with Crippen LogP contribution in [0, 0.1) is 6.92 Å². The highest BCUT2D eigenvalue weighted by atomic mass is 35.5. The van der Waals surface area contributed by atoms with E-state index in [1.807, 2.05) is 27.7 Å². The van der Waals surface area contributed by atoms with Crippen LogP contribution in [0.25, 0.3) is 0 Å². The van der Waals surface area contributed by atoms with Gasteiger partial charge in [0.05, 0.1) is 12.6 Å². The Bertz CT molecular complexity index is 312. The van der Waals surface area contributed by atoms with Gasteiger partial charge in [-0.3, -0.25) is 0 Å². The van der Waals surface area contributed by atoms with Crippen molar-refractivity contribution >= 4 is 11.6 Å². The fourth-order valence-electron chi connectivity index (χ4n) is 1.10. The highest BCUT2D eigenvalue weighted by molar-refractivity contribution is 6.30. The number of hydrogen-bond acceptors (Lipinski definition) is 2. The average Bonchev–Trinajstić information content (AvgIpc) is 2.28. The molecule has 1 rings (SSSR count). The summed E-state index contributed by atoms with van der Waals surface area (Å²) in [6.45, 7) is 8.04. The van der Waals surface area contributed by atoms with E-state index < -0.39 is 0 Å². The molecule has 0 radical (unpaired) electrons. The second kappa shape index (κ2) is 3.22. The average molecular weight is 203 g/mol. The third-order valence-electron chi connectivity index (χ3n) is 1.84. The van der Waals surface area contributed by atoms with E-state index in [1.165, 1.54) is 0 Å². The van der Waals surface area contributed by atoms with E-state index in [9.17, 15) is 0 Å². The normalized spacial score (nSPS) is 11.8. The predicted octanol–water partition coefficient (Wildman–Crippen LogP) is 2.61. The zero-order chi connectivity index (χ0) is 10.2. The van der Waals surface area contributed by atoms with Gasteiger partial charge in [0.1, 0.15) is 5.15 Å². The minimum atomic E-state index is -0.112. The first kappa shape index (κ1) is 10.4. The highest BCUT2D eigenvalue weighted by Crippen LogP contribution is 2.29. The van der Waals surface area contributed by atoms with Crippen LogP contribution in [0.15, 0.2) is 0 Å². The maximum absolute atomic E-state index is 6.10. The summed E-state index contributed by atoms with van der Waals surface area (Å²) in [6, 6.07) is 0. The van der Waals surface area contributed by atoms with Crippen LogP contribution in [0.1, 0.15) is 26.3 Å². The second-order valence-electron chi connectivity index (χ2n) is 4.01. The molecule has 1 aromatic heterocycles. The molecule has 0 N–H and O–H groups in total. The Kier molecular flexibility index (Phi) is 2.57. The molecule has 0 aliphatic rings. The van der Waals surface area contributed by atoms with Gasteiger partial charge >= 0.3 is 0 Å². The van der Waals surface area contributed by atoms with Crippen molar-refractivity contribution in [3.63, 3.8) is 0 Å². The summed E-state index contributed by atoms with van der Waals surface area (Å²) >= 11 is 6.10. The predicted molar refractivity (Wildman–Crippen MR) is 53.5 cm³/mol. The molecule has 0 aliphatic heterocycles. The molecule has 1 aromatic rings. The van der Waals surface area contributed by atoms with E-state index in [-0.39, 0.29) is 5.54 Å². The molecule has 0 atom stereocenters. The standard InChI is InChI=1S/C9H15ClN2O/c1-6-7(10)12(9(2,3)4)11-8(6)13-5/h1-5H3. The quantitative estimate of drug-likeness (QED) is 0.700. The van der Waals surface area contributed by atoms with Gasteiger partial charge in [-0.25, -0.2) is 4.68 Å². The fraction of sp³-hybridized carbons (Fsp3) is 0.667. The fourth-order valence-corrected chi connectivity index (χ4v) is 1.47. The Hall–Kier alpha value is -0.700. The minimum Gasteiger partial charge on any atom is -0.480 e. The lowest BCUT2D eigenvalue weighted by Gasteiger charge is -2.19. The Balaban J connectivity index is 3.25. The molecule has 3 nitrogen and oxygen atoms in total. The lowest BCUT2D eigenvalue weighted by molar-refractivity contribution is 0.330. The van der Waals surface area contributed by atoms with E-state index in [1.54, 1.807) is 11.8 Å². The first-order valence-corrected chi connectivity index (χ1v) is 4.55. The van der Waals surface area contributed by atoms with E-state index in [0.29, 0.717) is 11.0 Å². The molecular weight excluding hydrogens is 188 g/mol. The van der Waals surface area contributed by atoms with Gasteiger partial charge < -0.3 is 4.74 Å². The van der Waals surface area contributed by atoms with Crippen LogP contribution < -0.4 is 4.74 Å². The minimum absolute atomic E-state index is 0.112. The smallest absolute Gasteiger partial charge is 0.237 e. The summed E-state index contributed by atoms with van der Waals surface area (Å²) in [4.78, 5) is 0. The lowest BCUT2D eigenvalue weighted by Crippen LogP contribution is -2.23. The van der Waals surface area contributed by atoms with Crippen LogP contribution in [-0.4, -0.2) is 16.9 Å². The molecule has 0 aromatic carbocycles. The monoisotopic (exact) mass is 202 g/mol. The third-order valence-corrected chi connectivity index (χ3v) is 2.28. The largest absolute Gasteiger partial charge is 0.480 e. The van der Waals surface area contributed by atoms with Crippen LogP contribution in [0.4, 0.5) is 0 Å². The number of rotatable bonds is 1. The van der Waals surface area contributed by atoms with Gasteiger partial charge in [-0.05, 0) is 27.7 Å². The van der Waals surface area contributed by atoms with Crippen molar-refractivity contribution in [1.29, 1.82) is 0 Å². The van der Waals surface area contributed by atoms with Gasteiger partial charge in [0.2, 0.25) is 5.88 Å². The topological polar surface area (TPSA) is 27.1 Å². The van der Waals surface area contributed by atoms with Crippen molar-refractivity contribution in [3.05, 3.63) is 10.7 Å². The SMILES string of the molecule is COc1nn(C(C)(C)C)c(Cl)c1C. The Morgan fingerprint density at radius 3 is 2.15 bits per heavy atom. The van der Waals surface area contributed by atoms with E-state index in [0.717, 1.165) is 5.56 Å². The Morgan fingerprint density at radius 1 is 1.38 bits per heavy atom. The second-order valence-corrected chi connectivity index (χ2v) is 4.37. The number of hydrogen-bond donors (Lipinski definition) is 0. The summed E-state index contributed by atoms with van der Waals surface area (Å²) in [5, 5.41) is 4.90. The molecule has 0 aliphatic carbocycles. The van der Waals surface area contributed by atoms with Crippen LogP contribution in [0.5, 0.6) is 5.88 Å². The third kappa shape index (κ3) is 1.80. The maximum atomic E-state index is 6.10. The van der Waals surface area contributed by atoms with Crippen molar-refractivity contribution in [2.45, 2.75) is 33.2 Å². The maximum Gasteiger partial charge on any atom is 0.237 e. The van der Waals surface area contributed by atoms with Crippen molar-refractivity contribution in [2.75, 3.05) is 7.11 Å². The zero-order valence-electron chi connectivity index (χ0n) is 8.68. The molecule has 0 amide bonds. The first-order chi connectivity index (χ1) is 5.88. The van der Waals surface area contributed by atoms with Crippen LogP contribution in [0.3, 0.4) is 0 Å². The Labute approximate surface area is 83.6 Å². The summed E-state index contributed by atoms with van der Waals surface area (Å²) in [5.41, 5.74) is 0.776. The van der Waals surface area contributed by atoms with Crippen molar-refractivity contribution in [1.82, 2.24) is 9.78 Å². The number of methoxy groups -OCH3 is 1. The van der Waals surface area contributed by atoms with E-state index in [4.69, 9.17) is 16.3 Å². The van der Waals surface area contributed by atoms with Gasteiger partial charge in [0, 0.05) is 5.56 Å². The van der Waals surface area contributed by atoms with E-state index in [2.05, 4.69) is 5.10 Å². The molecule has 0 saturated carbocycles. The zero-order valence-corrected chi connectivity index (χ0v) is 9.44. The molecule has 0 unspecified atom stereocenters. The molecule has 4 heteroatoms. The summed E-state index contributed by atoms with van der Waals surface area (Å²) in [7, 11) is 1.60. The number of halogens is 1. The summed E-state index contributed by atoms with van der Waals surface area (Å²) in [5.74, 6) is 0.597. The van der Waals surface area contributed by atoms with Gasteiger partial charge in [-0.1, -0.05) is 11.6 Å². The molecule has 13 heavy (non-hydrogen) atoms. The van der Waals surface area contributed by atoms with Crippen molar-refractivity contribution in [3.8, 4) is 5.88 Å². The molecule has 1 heterocycles. The van der Waals surface area contributed by atoms with E-state index >= 15 is 0 Å². The molecule has 0 spiro atoms. The molecule has 0 saturated heterocycles. The number of aromatic nitrogens is 2. The van der Waals surface area contributed by atoms with Crippen LogP contribution in [-0.2, 0) is 5.54 Å². The highest BCUT2D eigenvalue weighted by Gasteiger charge is 2.21. The summed E-state index contributed by atoms with van der Waals surface area (Å²) < 4.78 is 6.85. The first-order valence-electron chi connectivity index (χ1n) is 4.17. The van der Waals surface area contributed by atoms with Gasteiger partial charge in [-0.15, -0.1) is 5.10 Å². The van der Waals surface area contributed by atoms with Crippen molar-refractivity contribution in [2.24, 2.45) is 0 Å². The van der Waals surface area contributed by atoms with Crippen LogP contribution >= 0.6 is 11.6 Å². The van der Waals surface area contributed by atoms with Gasteiger partial charge in [0.15, 0.2) is 0 Å². The van der Waals surface area contributed by atoms with Crippen LogP contribution in [0.2, 0.25) is 5.15 Å². The molecule has 74 valence electrons. The van der Waals surface area contributed by atoms with Gasteiger partial charge in [0.25, 0.3) is 0 Å². The van der Waals surface area contributed by atoms with Gasteiger partial charge in [-0.2, -0.15) is 0 Å². The van der Waals surface area contributed by atoms with Crippen molar-refractivity contribution < 1.29 is 4.74 Å². The Morgan fingerprint density at radius 2 is 1.92 bits per heavy atom. The number of ether oxygens (including phenoxy) is 1. The molecular formula is C9H15ClN2O.